The van der Waals surface area contributed by atoms with Gasteiger partial charge in [0.05, 0.1) is 25.0 Å². The van der Waals surface area contributed by atoms with Crippen LogP contribution in [0.5, 0.6) is 11.5 Å². The van der Waals surface area contributed by atoms with Gasteiger partial charge in [0.2, 0.25) is 43.7 Å². The number of aliphatic carboxylic acids is 2. The molecule has 4 aliphatic heterocycles. The van der Waals surface area contributed by atoms with E-state index in [1.807, 2.05) is 0 Å². The number of benzene rings is 2. The van der Waals surface area contributed by atoms with E-state index in [0.29, 0.717) is 24.0 Å². The maximum Gasteiger partial charge on any atom is 0.415 e. The fraction of sp³-hybridized carbons (Fsp3) is 0.515. The molecule has 4 N–H and O–H groups in total. The maximum absolute atomic E-state index is 13.8. The highest BCUT2D eigenvalue weighted by Crippen LogP contribution is 2.44. The lowest BCUT2D eigenvalue weighted by atomic mass is 9.79. The number of amides is 6. The number of hydrogen-bond donors (Lipinski definition) is 4. The zero-order valence-corrected chi connectivity index (χ0v) is 59.6. The number of hydrogen-bond acceptors (Lipinski definition) is 22. The Labute approximate surface area is 588 Å². The summed E-state index contributed by atoms with van der Waals surface area (Å²) in [4.78, 5) is 144. The number of aromatic nitrogens is 2. The van der Waals surface area contributed by atoms with Gasteiger partial charge in [-0.1, -0.05) is 24.3 Å². The van der Waals surface area contributed by atoms with Crippen molar-refractivity contribution in [1.29, 1.82) is 0 Å². The standard InChI is InChI=1S/C66H84N10O20S4/c1-44(77)21-23-66(40-93-38-45(2)78,22-7-12-54(79)71-26-30-73(31-27-71)62(87)95-48-17-13-46(14-18-48)34-52(60(83)84)69-58(81)56-64(3,4)97-42-75(56)99(89,90)50-10-8-24-67-36-50)41-94-39-55(80)72-28-32-74(33-29-72)63(88)96-49-19-15-47(16-20-49)35-53(61(85)86)70-59(82)57-65(5,6)98-43-76(57)100(91,92)51-11-9-25-68-37-51/h8-11,13-20,24-25,36-37,52-53,56-57H,7,12,21-23,26-35,38-43H2,1-6H3,(H,69,81)(H,70,82)(H,83,84)(H,85,86)/t52-,53-,56+,57+,66+/m0/s1. The average Bonchev–Trinajstić information content (AvgIpc) is 1.59. The van der Waals surface area contributed by atoms with Gasteiger partial charge in [0.25, 0.3) is 0 Å². The number of carboxylic acids is 2. The van der Waals surface area contributed by atoms with E-state index in [1.165, 1.54) is 138 Å². The van der Waals surface area contributed by atoms with Crippen molar-refractivity contribution in [2.45, 2.75) is 130 Å². The Hall–Kier alpha value is -8.12. The van der Waals surface area contributed by atoms with Crippen LogP contribution in [0.1, 0.15) is 84.8 Å². The molecule has 0 saturated carbocycles. The number of sulfonamides is 2. The molecule has 4 fully saturated rings. The minimum atomic E-state index is -4.17. The molecule has 0 aliphatic carbocycles. The third kappa shape index (κ3) is 20.3. The number of nitrogens with one attached hydrogen (secondary N) is 2. The lowest BCUT2D eigenvalue weighted by molar-refractivity contribution is -0.142. The molecule has 4 aromatic rings. The van der Waals surface area contributed by atoms with E-state index in [1.54, 1.807) is 44.7 Å². The highest BCUT2D eigenvalue weighted by atomic mass is 32.2. The summed E-state index contributed by atoms with van der Waals surface area (Å²) in [5, 5.41) is 25.3. The van der Waals surface area contributed by atoms with Crippen LogP contribution in [0.25, 0.3) is 0 Å². The monoisotopic (exact) mass is 1460 g/mol. The second-order valence-corrected chi connectivity index (χ2v) is 32.9. The van der Waals surface area contributed by atoms with Crippen LogP contribution in [-0.2, 0) is 80.7 Å². The minimum absolute atomic E-state index is 0.0133. The molecule has 542 valence electrons. The van der Waals surface area contributed by atoms with Gasteiger partial charge in [-0.2, -0.15) is 8.61 Å². The van der Waals surface area contributed by atoms with Crippen LogP contribution < -0.4 is 20.1 Å². The second-order valence-electron chi connectivity index (χ2n) is 25.9. The average molecular weight is 1470 g/mol. The van der Waals surface area contributed by atoms with Crippen LogP contribution >= 0.6 is 23.5 Å². The van der Waals surface area contributed by atoms with Crippen LogP contribution in [0.2, 0.25) is 0 Å². The Morgan fingerprint density at radius 1 is 0.550 bits per heavy atom. The van der Waals surface area contributed by atoms with Crippen LogP contribution in [0.3, 0.4) is 0 Å². The van der Waals surface area contributed by atoms with Gasteiger partial charge >= 0.3 is 24.1 Å². The number of ketones is 2. The molecule has 0 unspecified atom stereocenters. The van der Waals surface area contributed by atoms with E-state index in [4.69, 9.17) is 18.9 Å². The Morgan fingerprint density at radius 3 is 1.33 bits per heavy atom. The molecule has 0 bridgehead atoms. The number of Topliss-reactive ketones (excluding diaryl/α,β-unsaturated/α-hetero) is 2. The summed E-state index contributed by atoms with van der Waals surface area (Å²) < 4.78 is 77.7. The number of pyridine rings is 2. The third-order valence-electron chi connectivity index (χ3n) is 17.6. The van der Waals surface area contributed by atoms with Crippen molar-refractivity contribution in [2.24, 2.45) is 5.41 Å². The number of thioether (sulfide) groups is 2. The molecule has 4 aliphatic rings. The molecule has 4 saturated heterocycles. The molecule has 8 rings (SSSR count). The fourth-order valence-corrected chi connectivity index (χ4v) is 18.2. The Kier molecular flexibility index (Phi) is 26.4. The molecule has 5 atom stereocenters. The van der Waals surface area contributed by atoms with Gasteiger partial charge in [-0.3, -0.25) is 33.9 Å². The Morgan fingerprint density at radius 2 is 0.950 bits per heavy atom. The molecule has 34 heteroatoms. The molecule has 100 heavy (non-hydrogen) atoms. The summed E-state index contributed by atoms with van der Waals surface area (Å²) in [7, 11) is -8.33. The summed E-state index contributed by atoms with van der Waals surface area (Å²) in [6, 6.07) is 12.3. The van der Waals surface area contributed by atoms with Crippen LogP contribution in [-0.4, -0.2) is 249 Å². The third-order valence-corrected chi connectivity index (χ3v) is 24.3. The highest BCUT2D eigenvalue weighted by Gasteiger charge is 2.53. The second kappa shape index (κ2) is 34.0. The van der Waals surface area contributed by atoms with E-state index in [0.717, 1.165) is 8.61 Å². The SMILES string of the molecule is CC(=O)CC[C@](CCCC(=O)N1CCN(C(=O)Oc2ccc(C[C@H](NC(=O)[C@H]3N(S(=O)(=O)c4cccnc4)CSC3(C)C)C(=O)O)cc2)CC1)(COCC(C)=O)COCC(=O)N1CCN(C(=O)Oc2ccc(C[C@H](NC(=O)[C@H]3N(S(=O)(=O)c4cccnc4)CSC3(C)C)C(=O)O)cc2)CC1. The Bertz CT molecular complexity index is 3610. The van der Waals surface area contributed by atoms with Crippen molar-refractivity contribution in [1.82, 2.24) is 48.8 Å². The van der Waals surface area contributed by atoms with Gasteiger partial charge in [0, 0.05) is 118 Å². The first-order valence-electron chi connectivity index (χ1n) is 32.3. The molecule has 6 amide bonds. The van der Waals surface area contributed by atoms with Crippen LogP contribution in [0, 0.1) is 5.41 Å². The first-order chi connectivity index (χ1) is 47.3. The molecular weight excluding hydrogens is 1380 g/mol. The van der Waals surface area contributed by atoms with E-state index in [2.05, 4.69) is 20.6 Å². The van der Waals surface area contributed by atoms with Gasteiger partial charge in [0.1, 0.15) is 64.5 Å². The molecule has 30 nitrogen and oxygen atoms in total. The number of carboxylic acid groups (broad SMARTS) is 2. The number of nitrogens with zero attached hydrogens (tertiary/aromatic N) is 8. The van der Waals surface area contributed by atoms with Crippen LogP contribution in [0.15, 0.2) is 107 Å². The van der Waals surface area contributed by atoms with Gasteiger partial charge < -0.3 is 64.2 Å². The largest absolute Gasteiger partial charge is 0.480 e. The molecule has 0 spiro atoms. The number of carbonyl (C=O) groups is 10. The molecule has 2 aromatic heterocycles. The maximum atomic E-state index is 13.8. The lowest BCUT2D eigenvalue weighted by Gasteiger charge is -2.36. The summed E-state index contributed by atoms with van der Waals surface area (Å²) in [6.45, 7) is 10.2. The van der Waals surface area contributed by atoms with Crippen molar-refractivity contribution in [3.63, 3.8) is 0 Å². The summed E-state index contributed by atoms with van der Waals surface area (Å²) in [6.07, 6.45) is 4.57. The molecule has 2 aromatic carbocycles. The zero-order valence-electron chi connectivity index (χ0n) is 56.3. The van der Waals surface area contributed by atoms with Gasteiger partial charge in [0.15, 0.2) is 5.78 Å². The predicted molar refractivity (Wildman–Crippen MR) is 363 cm³/mol. The van der Waals surface area contributed by atoms with E-state index >= 15 is 0 Å². The molecule has 0 radical (unpaired) electrons. The fourth-order valence-electron chi connectivity index (χ4n) is 11.9. The normalized spacial score (nSPS) is 19.2. The summed E-state index contributed by atoms with van der Waals surface area (Å²) >= 11 is 2.48. The first-order valence-corrected chi connectivity index (χ1v) is 37.1. The van der Waals surface area contributed by atoms with Crippen molar-refractivity contribution in [3.8, 4) is 11.5 Å². The van der Waals surface area contributed by atoms with Gasteiger partial charge in [-0.05, 0) is 120 Å². The number of carbonyl (C=O) groups excluding carboxylic acids is 8. The zero-order chi connectivity index (χ0) is 72.7. The number of ether oxygens (including phenoxy) is 4. The van der Waals surface area contributed by atoms with E-state index in [9.17, 15) is 75.0 Å². The van der Waals surface area contributed by atoms with Crippen molar-refractivity contribution < 1.29 is 93.9 Å². The number of piperazine rings is 2. The van der Waals surface area contributed by atoms with E-state index < -0.39 is 95.1 Å². The summed E-state index contributed by atoms with van der Waals surface area (Å²) in [5.74, 6) is -4.96. The smallest absolute Gasteiger partial charge is 0.415 e. The first kappa shape index (κ1) is 77.6. The van der Waals surface area contributed by atoms with E-state index in [-0.39, 0.29) is 167 Å². The van der Waals surface area contributed by atoms with Gasteiger partial charge in [-0.25, -0.2) is 36.0 Å². The van der Waals surface area contributed by atoms with Crippen molar-refractivity contribution in [3.05, 3.63) is 109 Å². The summed E-state index contributed by atoms with van der Waals surface area (Å²) in [5.41, 5.74) is 0.0464. The lowest BCUT2D eigenvalue weighted by Crippen LogP contribution is -2.56. The van der Waals surface area contributed by atoms with Crippen molar-refractivity contribution >= 4 is 103 Å². The minimum Gasteiger partial charge on any atom is -0.480 e. The predicted octanol–water partition coefficient (Wildman–Crippen LogP) is 3.92. The Balaban J connectivity index is 0.765. The van der Waals surface area contributed by atoms with Crippen molar-refractivity contribution in [2.75, 3.05) is 90.5 Å². The quantitative estimate of drug-likeness (QED) is 0.0554. The number of rotatable bonds is 31. The van der Waals surface area contributed by atoms with Gasteiger partial charge in [-0.15, -0.1) is 23.5 Å². The highest BCUT2D eigenvalue weighted by molar-refractivity contribution is 8.02. The molecule has 6 heterocycles. The van der Waals surface area contributed by atoms with Crippen LogP contribution in [0.4, 0.5) is 9.59 Å². The molecular formula is C66H84N10O20S4. The topological polar surface area (TPSA) is 386 Å².